The molecule has 1 atom stereocenters. The first-order chi connectivity index (χ1) is 11.4. The molecule has 6 nitrogen and oxygen atoms in total. The minimum Gasteiger partial charge on any atom is -0.460 e. The number of nitrogens with one attached hydrogen (secondary N) is 1. The monoisotopic (exact) mass is 357 g/mol. The molecule has 0 heterocycles. The summed E-state index contributed by atoms with van der Waals surface area (Å²) < 4.78 is 10.7. The Morgan fingerprint density at radius 3 is 1.96 bits per heavy atom. The Labute approximate surface area is 151 Å². The van der Waals surface area contributed by atoms with Crippen molar-refractivity contribution in [1.29, 1.82) is 0 Å². The third-order valence-electron chi connectivity index (χ3n) is 4.15. The van der Waals surface area contributed by atoms with Gasteiger partial charge in [0.25, 0.3) is 0 Å². The number of alkyl carbamates (subject to hydrolysis) is 1. The van der Waals surface area contributed by atoms with Gasteiger partial charge in [-0.05, 0) is 79.6 Å². The van der Waals surface area contributed by atoms with Gasteiger partial charge < -0.3 is 19.9 Å². The van der Waals surface area contributed by atoms with E-state index in [2.05, 4.69) is 5.32 Å². The number of rotatable bonds is 5. The fourth-order valence-electron chi connectivity index (χ4n) is 3.07. The van der Waals surface area contributed by atoms with E-state index in [1.165, 1.54) is 0 Å². The summed E-state index contributed by atoms with van der Waals surface area (Å²) >= 11 is 0. The van der Waals surface area contributed by atoms with Crippen LogP contribution in [0.5, 0.6) is 0 Å². The van der Waals surface area contributed by atoms with Crippen LogP contribution in [0.2, 0.25) is 0 Å². The van der Waals surface area contributed by atoms with Gasteiger partial charge in [-0.15, -0.1) is 0 Å². The highest BCUT2D eigenvalue weighted by Crippen LogP contribution is 2.33. The summed E-state index contributed by atoms with van der Waals surface area (Å²) in [5.74, 6) is 0.226. The van der Waals surface area contributed by atoms with Gasteiger partial charge in [0.05, 0.1) is 18.6 Å². The van der Waals surface area contributed by atoms with Crippen LogP contribution in [0.1, 0.15) is 73.6 Å². The minimum absolute atomic E-state index is 0.0399. The molecule has 2 N–H and O–H groups in total. The Hall–Kier alpha value is -1.30. The number of ether oxygens (including phenoxy) is 2. The number of carbonyl (C=O) groups excluding carboxylic acids is 2. The van der Waals surface area contributed by atoms with Crippen LogP contribution in [0.15, 0.2) is 0 Å². The lowest BCUT2D eigenvalue weighted by molar-refractivity contribution is -0.161. The topological polar surface area (TPSA) is 84.9 Å². The van der Waals surface area contributed by atoms with E-state index in [0.29, 0.717) is 12.3 Å². The quantitative estimate of drug-likeness (QED) is 0.737. The number of aliphatic hydroxyl groups excluding tert-OH is 1. The largest absolute Gasteiger partial charge is 0.460 e. The van der Waals surface area contributed by atoms with Crippen LogP contribution >= 0.6 is 0 Å². The molecule has 0 radical (unpaired) electrons. The highest BCUT2D eigenvalue weighted by atomic mass is 16.6. The third-order valence-corrected chi connectivity index (χ3v) is 4.15. The summed E-state index contributed by atoms with van der Waals surface area (Å²) in [6.45, 7) is 10.9. The molecule has 0 aromatic carbocycles. The molecule has 1 fully saturated rings. The Morgan fingerprint density at radius 1 is 1.00 bits per heavy atom. The van der Waals surface area contributed by atoms with E-state index in [1.54, 1.807) is 20.8 Å². The van der Waals surface area contributed by atoms with Crippen LogP contribution in [0.3, 0.4) is 0 Å². The highest BCUT2D eigenvalue weighted by molar-refractivity contribution is 5.73. The average molecular weight is 357 g/mol. The predicted octanol–water partition coefficient (Wildman–Crippen LogP) is 3.41. The lowest BCUT2D eigenvalue weighted by Crippen LogP contribution is -2.42. The van der Waals surface area contributed by atoms with Crippen LogP contribution < -0.4 is 5.32 Å². The minimum atomic E-state index is -0.560. The van der Waals surface area contributed by atoms with Crippen molar-refractivity contribution in [2.24, 2.45) is 11.8 Å². The van der Waals surface area contributed by atoms with Gasteiger partial charge in [0.1, 0.15) is 11.2 Å². The van der Waals surface area contributed by atoms with Crippen molar-refractivity contribution >= 4 is 12.1 Å². The van der Waals surface area contributed by atoms with Crippen molar-refractivity contribution in [3.05, 3.63) is 0 Å². The van der Waals surface area contributed by atoms with Gasteiger partial charge in [-0.1, -0.05) is 0 Å². The van der Waals surface area contributed by atoms with Gasteiger partial charge in [0.2, 0.25) is 0 Å². The van der Waals surface area contributed by atoms with Crippen LogP contribution in [-0.4, -0.2) is 41.0 Å². The zero-order valence-electron chi connectivity index (χ0n) is 16.6. The van der Waals surface area contributed by atoms with E-state index in [4.69, 9.17) is 9.47 Å². The zero-order chi connectivity index (χ0) is 19.3. The third kappa shape index (κ3) is 9.10. The van der Waals surface area contributed by atoms with Crippen LogP contribution in [-0.2, 0) is 14.3 Å². The summed E-state index contributed by atoms with van der Waals surface area (Å²) in [6.07, 6.45) is 3.58. The Kier molecular flexibility index (Phi) is 7.72. The standard InChI is InChI=1S/C19H35NO5/c1-18(2,3)24-16(22)14-9-7-13(8-10-14)11-15(12-21)20-17(23)25-19(4,5)6/h13-15,21H,7-12H2,1-6H3,(H,20,23)/t13?,14?,15-/m0/s1. The fraction of sp³-hybridized carbons (Fsp3) is 0.895. The summed E-state index contributed by atoms with van der Waals surface area (Å²) in [5.41, 5.74) is -1.01. The van der Waals surface area contributed by atoms with Crippen molar-refractivity contribution in [2.75, 3.05) is 6.61 Å². The van der Waals surface area contributed by atoms with Crippen LogP contribution in [0.4, 0.5) is 4.79 Å². The second-order valence-corrected chi connectivity index (χ2v) is 9.01. The van der Waals surface area contributed by atoms with E-state index in [1.807, 2.05) is 20.8 Å². The van der Waals surface area contributed by atoms with Crippen molar-refractivity contribution in [3.8, 4) is 0 Å². The molecule has 1 amide bonds. The van der Waals surface area contributed by atoms with E-state index < -0.39 is 17.3 Å². The Morgan fingerprint density at radius 2 is 1.52 bits per heavy atom. The molecule has 0 saturated heterocycles. The summed E-state index contributed by atoms with van der Waals surface area (Å²) in [5, 5.41) is 12.3. The number of carbonyl (C=O) groups is 2. The van der Waals surface area contributed by atoms with E-state index >= 15 is 0 Å². The maximum Gasteiger partial charge on any atom is 0.407 e. The molecular weight excluding hydrogens is 322 g/mol. The maximum absolute atomic E-state index is 12.1. The van der Waals surface area contributed by atoms with Crippen molar-refractivity contribution in [1.82, 2.24) is 5.32 Å². The summed E-state index contributed by atoms with van der Waals surface area (Å²) in [4.78, 5) is 24.0. The van der Waals surface area contributed by atoms with Crippen molar-refractivity contribution in [2.45, 2.75) is 90.9 Å². The molecule has 1 aliphatic carbocycles. The number of hydrogen-bond acceptors (Lipinski definition) is 5. The molecular formula is C19H35NO5. The van der Waals surface area contributed by atoms with Gasteiger partial charge in [-0.25, -0.2) is 4.79 Å². The van der Waals surface area contributed by atoms with Gasteiger partial charge in [-0.2, -0.15) is 0 Å². The molecule has 0 unspecified atom stereocenters. The molecule has 0 aromatic rings. The van der Waals surface area contributed by atoms with Gasteiger partial charge in [0, 0.05) is 0 Å². The molecule has 25 heavy (non-hydrogen) atoms. The van der Waals surface area contributed by atoms with E-state index in [0.717, 1.165) is 25.7 Å². The lowest BCUT2D eigenvalue weighted by atomic mass is 9.79. The van der Waals surface area contributed by atoms with Crippen LogP contribution in [0.25, 0.3) is 0 Å². The molecule has 1 aliphatic rings. The number of amides is 1. The second kappa shape index (κ2) is 8.88. The molecule has 1 saturated carbocycles. The van der Waals surface area contributed by atoms with Crippen molar-refractivity contribution in [3.63, 3.8) is 0 Å². The molecule has 0 aliphatic heterocycles. The predicted molar refractivity (Wildman–Crippen MR) is 96.2 cm³/mol. The van der Waals surface area contributed by atoms with Gasteiger partial charge in [0.15, 0.2) is 0 Å². The summed E-state index contributed by atoms with van der Waals surface area (Å²) in [7, 11) is 0. The SMILES string of the molecule is CC(C)(C)OC(=O)N[C@H](CO)CC1CCC(C(=O)OC(C)(C)C)CC1. The molecule has 6 heteroatoms. The normalized spacial score (nSPS) is 22.8. The molecule has 0 aromatic heterocycles. The first-order valence-corrected chi connectivity index (χ1v) is 9.23. The fourth-order valence-corrected chi connectivity index (χ4v) is 3.07. The zero-order valence-corrected chi connectivity index (χ0v) is 16.6. The molecule has 1 rings (SSSR count). The van der Waals surface area contributed by atoms with E-state index in [-0.39, 0.29) is 24.5 Å². The Bertz CT molecular complexity index is 442. The molecule has 0 bridgehead atoms. The van der Waals surface area contributed by atoms with Crippen LogP contribution in [0, 0.1) is 11.8 Å². The maximum atomic E-state index is 12.1. The van der Waals surface area contributed by atoms with Crippen molar-refractivity contribution < 1.29 is 24.2 Å². The first-order valence-electron chi connectivity index (χ1n) is 9.23. The molecule has 146 valence electrons. The van der Waals surface area contributed by atoms with Gasteiger partial charge in [-0.3, -0.25) is 4.79 Å². The van der Waals surface area contributed by atoms with E-state index in [9.17, 15) is 14.7 Å². The second-order valence-electron chi connectivity index (χ2n) is 9.01. The lowest BCUT2D eigenvalue weighted by Gasteiger charge is -2.31. The molecule has 0 spiro atoms. The highest BCUT2D eigenvalue weighted by Gasteiger charge is 2.31. The van der Waals surface area contributed by atoms with Gasteiger partial charge >= 0.3 is 12.1 Å². The number of aliphatic hydroxyl groups is 1. The Balaban J connectivity index is 2.41. The smallest absolute Gasteiger partial charge is 0.407 e. The number of hydrogen-bond donors (Lipinski definition) is 2. The first kappa shape index (κ1) is 21.7. The summed E-state index contributed by atoms with van der Waals surface area (Å²) in [6, 6.07) is -0.321. The average Bonchev–Trinajstić information content (AvgIpc) is 2.43. The number of esters is 1.